The fourth-order valence-electron chi connectivity index (χ4n) is 1.74. The van der Waals surface area contributed by atoms with Crippen LogP contribution in [0.1, 0.15) is 0 Å². The lowest BCUT2D eigenvalue weighted by molar-refractivity contribution is 1.37. The molecular formula is C12H8N2O. The van der Waals surface area contributed by atoms with Gasteiger partial charge in [0, 0.05) is 29.2 Å². The predicted octanol–water partition coefficient (Wildman–Crippen LogP) is 2.08. The van der Waals surface area contributed by atoms with Gasteiger partial charge in [0.2, 0.25) is 0 Å². The number of aromatic amines is 1. The Bertz CT molecular complexity index is 700. The molecule has 3 rings (SSSR count). The Morgan fingerprint density at radius 3 is 3.07 bits per heavy atom. The second-order valence-corrected chi connectivity index (χ2v) is 3.44. The summed E-state index contributed by atoms with van der Waals surface area (Å²) in [5.74, 6) is 0. The van der Waals surface area contributed by atoms with Crippen molar-refractivity contribution >= 4 is 21.8 Å². The summed E-state index contributed by atoms with van der Waals surface area (Å²) in [5, 5.41) is 1.69. The zero-order chi connectivity index (χ0) is 10.3. The Morgan fingerprint density at radius 1 is 1.20 bits per heavy atom. The summed E-state index contributed by atoms with van der Waals surface area (Å²) in [6.45, 7) is 0. The van der Waals surface area contributed by atoms with Crippen LogP contribution in [0.15, 0.2) is 47.5 Å². The smallest absolute Gasteiger partial charge is 0.189 e. The number of fused-ring (bicyclic) bond motifs is 2. The van der Waals surface area contributed by atoms with E-state index in [0.29, 0.717) is 5.39 Å². The molecule has 1 N–H and O–H groups in total. The summed E-state index contributed by atoms with van der Waals surface area (Å²) < 4.78 is 0. The van der Waals surface area contributed by atoms with E-state index in [4.69, 9.17) is 0 Å². The van der Waals surface area contributed by atoms with E-state index in [0.717, 1.165) is 16.4 Å². The van der Waals surface area contributed by atoms with Crippen LogP contribution in [0.5, 0.6) is 0 Å². The molecule has 0 aliphatic heterocycles. The summed E-state index contributed by atoms with van der Waals surface area (Å²) in [6, 6.07) is 9.12. The fraction of sp³-hybridized carbons (Fsp3) is 0. The fourth-order valence-corrected chi connectivity index (χ4v) is 1.74. The van der Waals surface area contributed by atoms with Crippen molar-refractivity contribution in [3.05, 3.63) is 52.9 Å². The van der Waals surface area contributed by atoms with Crippen LogP contribution in [-0.4, -0.2) is 9.97 Å². The van der Waals surface area contributed by atoms with Gasteiger partial charge in [-0.1, -0.05) is 6.07 Å². The molecule has 0 aliphatic rings. The number of benzene rings is 1. The summed E-state index contributed by atoms with van der Waals surface area (Å²) in [5.41, 5.74) is 1.76. The minimum atomic E-state index is 0.0366. The number of aromatic nitrogens is 2. The number of hydrogen-bond acceptors (Lipinski definition) is 2. The topological polar surface area (TPSA) is 45.8 Å². The van der Waals surface area contributed by atoms with Crippen molar-refractivity contribution in [2.24, 2.45) is 0 Å². The monoisotopic (exact) mass is 196 g/mol. The lowest BCUT2D eigenvalue weighted by Gasteiger charge is -1.99. The van der Waals surface area contributed by atoms with E-state index >= 15 is 0 Å². The van der Waals surface area contributed by atoms with Gasteiger partial charge in [-0.05, 0) is 18.2 Å². The number of rotatable bonds is 0. The second-order valence-electron chi connectivity index (χ2n) is 3.44. The molecule has 2 heterocycles. The first kappa shape index (κ1) is 8.17. The lowest BCUT2D eigenvalue weighted by Crippen LogP contribution is -1.99. The minimum Gasteiger partial charge on any atom is -0.361 e. The predicted molar refractivity (Wildman–Crippen MR) is 59.9 cm³/mol. The quantitative estimate of drug-likeness (QED) is 0.559. The number of nitrogens with one attached hydrogen (secondary N) is 1. The van der Waals surface area contributed by atoms with Gasteiger partial charge in [-0.2, -0.15) is 0 Å². The van der Waals surface area contributed by atoms with Gasteiger partial charge < -0.3 is 4.98 Å². The van der Waals surface area contributed by atoms with Gasteiger partial charge in [-0.25, -0.2) is 0 Å². The first-order valence-electron chi connectivity index (χ1n) is 4.71. The van der Waals surface area contributed by atoms with Crippen LogP contribution in [0.2, 0.25) is 0 Å². The lowest BCUT2D eigenvalue weighted by atomic mass is 10.1. The van der Waals surface area contributed by atoms with Crippen LogP contribution < -0.4 is 5.43 Å². The Balaban J connectivity index is 2.59. The Hall–Kier alpha value is -2.16. The first-order chi connectivity index (χ1) is 7.34. The van der Waals surface area contributed by atoms with Gasteiger partial charge in [-0.15, -0.1) is 0 Å². The van der Waals surface area contributed by atoms with Crippen LogP contribution in [0, 0.1) is 0 Å². The van der Waals surface area contributed by atoms with Crippen LogP contribution >= 0.6 is 0 Å². The van der Waals surface area contributed by atoms with Gasteiger partial charge in [0.1, 0.15) is 0 Å². The number of pyridine rings is 2. The Morgan fingerprint density at radius 2 is 2.13 bits per heavy atom. The normalized spacial score (nSPS) is 10.9. The number of H-pyrrole nitrogens is 1. The van der Waals surface area contributed by atoms with E-state index in [-0.39, 0.29) is 5.43 Å². The summed E-state index contributed by atoms with van der Waals surface area (Å²) in [7, 11) is 0. The van der Waals surface area contributed by atoms with E-state index in [1.807, 2.05) is 24.3 Å². The third-order valence-electron chi connectivity index (χ3n) is 2.48. The molecule has 15 heavy (non-hydrogen) atoms. The van der Waals surface area contributed by atoms with Crippen molar-refractivity contribution < 1.29 is 0 Å². The molecule has 0 unspecified atom stereocenters. The molecule has 0 atom stereocenters. The van der Waals surface area contributed by atoms with Crippen molar-refractivity contribution in [1.29, 1.82) is 0 Å². The van der Waals surface area contributed by atoms with Gasteiger partial charge in [0.15, 0.2) is 5.43 Å². The van der Waals surface area contributed by atoms with Crippen molar-refractivity contribution in [2.45, 2.75) is 0 Å². The standard InChI is InChI=1S/C12H8N2O/c15-12-3-5-14-11-7-10-8(6-9(11)12)2-1-4-13-10/h1-7H,(H,14,15). The van der Waals surface area contributed by atoms with Crippen LogP contribution in [0.4, 0.5) is 0 Å². The molecule has 0 fully saturated rings. The molecule has 0 bridgehead atoms. The van der Waals surface area contributed by atoms with Crippen LogP contribution in [-0.2, 0) is 0 Å². The van der Waals surface area contributed by atoms with E-state index in [2.05, 4.69) is 9.97 Å². The second kappa shape index (κ2) is 2.92. The number of nitrogens with zero attached hydrogens (tertiary/aromatic N) is 1. The molecule has 3 aromatic rings. The molecule has 0 aliphatic carbocycles. The average Bonchev–Trinajstić information content (AvgIpc) is 2.27. The molecule has 3 heteroatoms. The van der Waals surface area contributed by atoms with Crippen LogP contribution in [0.3, 0.4) is 0 Å². The van der Waals surface area contributed by atoms with Gasteiger partial charge in [0.25, 0.3) is 0 Å². The maximum absolute atomic E-state index is 11.6. The van der Waals surface area contributed by atoms with Gasteiger partial charge in [-0.3, -0.25) is 9.78 Å². The maximum Gasteiger partial charge on any atom is 0.189 e. The highest BCUT2D eigenvalue weighted by Crippen LogP contribution is 2.16. The Labute approximate surface area is 85.4 Å². The molecule has 2 aromatic heterocycles. The van der Waals surface area contributed by atoms with E-state index < -0.39 is 0 Å². The zero-order valence-corrected chi connectivity index (χ0v) is 7.90. The van der Waals surface area contributed by atoms with Crippen molar-refractivity contribution in [3.63, 3.8) is 0 Å². The van der Waals surface area contributed by atoms with E-state index in [1.165, 1.54) is 6.07 Å². The molecule has 0 saturated heterocycles. The highest BCUT2D eigenvalue weighted by molar-refractivity contribution is 5.94. The molecule has 72 valence electrons. The summed E-state index contributed by atoms with van der Waals surface area (Å²) >= 11 is 0. The summed E-state index contributed by atoms with van der Waals surface area (Å²) in [6.07, 6.45) is 3.40. The summed E-state index contributed by atoms with van der Waals surface area (Å²) in [4.78, 5) is 18.9. The number of hydrogen-bond donors (Lipinski definition) is 1. The highest BCUT2D eigenvalue weighted by Gasteiger charge is 2.00. The SMILES string of the molecule is O=c1cc[nH]c2cc3ncccc3cc12. The van der Waals surface area contributed by atoms with Gasteiger partial charge >= 0.3 is 0 Å². The molecule has 0 saturated carbocycles. The zero-order valence-electron chi connectivity index (χ0n) is 7.90. The van der Waals surface area contributed by atoms with Crippen molar-refractivity contribution in [1.82, 2.24) is 9.97 Å². The average molecular weight is 196 g/mol. The minimum absolute atomic E-state index is 0.0366. The molecule has 3 nitrogen and oxygen atoms in total. The highest BCUT2D eigenvalue weighted by atomic mass is 16.1. The van der Waals surface area contributed by atoms with Crippen molar-refractivity contribution in [3.8, 4) is 0 Å². The largest absolute Gasteiger partial charge is 0.361 e. The van der Waals surface area contributed by atoms with Crippen LogP contribution in [0.25, 0.3) is 21.8 Å². The first-order valence-corrected chi connectivity index (χ1v) is 4.71. The Kier molecular flexibility index (Phi) is 1.59. The maximum atomic E-state index is 11.6. The van der Waals surface area contributed by atoms with Crippen molar-refractivity contribution in [2.75, 3.05) is 0 Å². The molecule has 0 spiro atoms. The third-order valence-corrected chi connectivity index (χ3v) is 2.48. The molecule has 0 amide bonds. The third kappa shape index (κ3) is 1.21. The van der Waals surface area contributed by atoms with Gasteiger partial charge in [0.05, 0.1) is 11.0 Å². The molecule has 1 aromatic carbocycles. The molecular weight excluding hydrogens is 188 g/mol. The molecule has 0 radical (unpaired) electrons. The van der Waals surface area contributed by atoms with E-state index in [1.54, 1.807) is 12.4 Å². The van der Waals surface area contributed by atoms with E-state index in [9.17, 15) is 4.79 Å².